The molecule has 0 aromatic heterocycles. The van der Waals surface area contributed by atoms with Crippen LogP contribution in [0, 0.1) is 16.7 Å². The topological polar surface area (TPSA) is 60.7 Å². The monoisotopic (exact) mass is 903 g/mol. The first-order chi connectivity index (χ1) is 31.7. The predicted octanol–water partition coefficient (Wildman–Crippen LogP) is 20.3. The Morgan fingerprint density at radius 1 is 0.297 bits per heavy atom. The van der Waals surface area contributed by atoms with Crippen LogP contribution in [0.25, 0.3) is 0 Å². The molecule has 0 aliphatic heterocycles. The Kier molecular flexibility index (Phi) is 46.3. The molecule has 3 N–H and O–H groups in total. The Morgan fingerprint density at radius 3 is 0.844 bits per heavy atom. The second-order valence-corrected chi connectivity index (χ2v) is 22.2. The third-order valence-electron chi connectivity index (χ3n) is 16.8. The SMILES string of the molecule is CCCCCCCCCCCCCCC1CCCC(CCCCCCCCCO)(CCCCCCCCCO)C1(CCCCCCCCCO)CCCCCCCCCCCCCC. The zero-order valence-electron chi connectivity index (χ0n) is 44.5. The molecule has 64 heavy (non-hydrogen) atoms. The molecule has 1 saturated carbocycles. The fraction of sp³-hybridized carbons (Fsp3) is 1.00. The molecule has 1 aliphatic carbocycles. The summed E-state index contributed by atoms with van der Waals surface area (Å²) in [6.45, 7) is 5.73. The van der Waals surface area contributed by atoms with Crippen molar-refractivity contribution < 1.29 is 15.3 Å². The average Bonchev–Trinajstić information content (AvgIpc) is 3.30. The van der Waals surface area contributed by atoms with Crippen molar-refractivity contribution in [1.82, 2.24) is 0 Å². The summed E-state index contributed by atoms with van der Waals surface area (Å²) in [6.07, 6.45) is 74.1. The van der Waals surface area contributed by atoms with Crippen LogP contribution in [0.2, 0.25) is 0 Å². The number of rotatable bonds is 53. The molecule has 0 saturated heterocycles. The first-order valence-electron chi connectivity index (χ1n) is 30.5. The van der Waals surface area contributed by atoms with Crippen molar-refractivity contribution in [2.24, 2.45) is 16.7 Å². The lowest BCUT2D eigenvalue weighted by molar-refractivity contribution is -0.100. The highest BCUT2D eigenvalue weighted by atomic mass is 16.3. The second-order valence-electron chi connectivity index (χ2n) is 22.2. The summed E-state index contributed by atoms with van der Waals surface area (Å²) < 4.78 is 0. The Hall–Kier alpha value is -0.120. The largest absolute Gasteiger partial charge is 0.396 e. The van der Waals surface area contributed by atoms with Gasteiger partial charge in [0.15, 0.2) is 0 Å². The van der Waals surface area contributed by atoms with E-state index in [9.17, 15) is 15.3 Å². The number of unbranched alkanes of at least 4 members (excludes halogenated alkanes) is 40. The van der Waals surface area contributed by atoms with E-state index in [1.165, 1.54) is 321 Å². The van der Waals surface area contributed by atoms with E-state index in [1.54, 1.807) is 0 Å². The molecular formula is C61H122O3. The lowest BCUT2D eigenvalue weighted by atomic mass is 9.45. The van der Waals surface area contributed by atoms with E-state index < -0.39 is 0 Å². The second kappa shape index (κ2) is 47.9. The van der Waals surface area contributed by atoms with Crippen molar-refractivity contribution >= 4 is 0 Å². The number of hydrogen-bond donors (Lipinski definition) is 3. The standard InChI is InChI=1S/C61H122O3/c1-3-5-7-9-11-13-15-17-19-24-32-40-49-59-50-48-53-60(51-41-33-25-21-29-37-45-56-62,52-42-34-26-22-30-38-46-57-63)61(59,55-44-36-28-23-31-39-47-58-64)54-43-35-27-20-18-16-14-12-10-8-6-4-2/h59,62-64H,3-58H2,1-2H3. The van der Waals surface area contributed by atoms with Crippen LogP contribution in [-0.4, -0.2) is 35.1 Å². The highest BCUT2D eigenvalue weighted by molar-refractivity contribution is 5.04. The highest BCUT2D eigenvalue weighted by Gasteiger charge is 2.54. The van der Waals surface area contributed by atoms with Crippen molar-refractivity contribution in [2.75, 3.05) is 19.8 Å². The smallest absolute Gasteiger partial charge is 0.0431 e. The fourth-order valence-corrected chi connectivity index (χ4v) is 12.9. The van der Waals surface area contributed by atoms with E-state index in [4.69, 9.17) is 0 Å². The van der Waals surface area contributed by atoms with Crippen LogP contribution in [-0.2, 0) is 0 Å². The quantitative estimate of drug-likeness (QED) is 0.0533. The van der Waals surface area contributed by atoms with E-state index in [1.807, 2.05) is 0 Å². The van der Waals surface area contributed by atoms with Crippen LogP contribution in [0.3, 0.4) is 0 Å². The summed E-state index contributed by atoms with van der Waals surface area (Å²) >= 11 is 0. The van der Waals surface area contributed by atoms with Crippen molar-refractivity contribution in [3.63, 3.8) is 0 Å². The summed E-state index contributed by atoms with van der Waals surface area (Å²) in [5, 5.41) is 28.0. The molecule has 0 radical (unpaired) electrons. The van der Waals surface area contributed by atoms with E-state index >= 15 is 0 Å². The van der Waals surface area contributed by atoms with Gasteiger partial charge in [0.05, 0.1) is 0 Å². The molecule has 0 amide bonds. The maximum Gasteiger partial charge on any atom is 0.0431 e. The van der Waals surface area contributed by atoms with Crippen LogP contribution in [0.4, 0.5) is 0 Å². The molecular weight excluding hydrogens is 781 g/mol. The summed E-state index contributed by atoms with van der Waals surface area (Å²) in [5.74, 6) is 0.929. The van der Waals surface area contributed by atoms with Crippen LogP contribution >= 0.6 is 0 Å². The van der Waals surface area contributed by atoms with Crippen molar-refractivity contribution in [3.05, 3.63) is 0 Å². The molecule has 0 aromatic carbocycles. The molecule has 0 spiro atoms. The Labute approximate surface area is 404 Å². The molecule has 0 heterocycles. The van der Waals surface area contributed by atoms with Crippen LogP contribution in [0.15, 0.2) is 0 Å². The van der Waals surface area contributed by atoms with E-state index in [0.29, 0.717) is 30.7 Å². The summed E-state index contributed by atoms with van der Waals surface area (Å²) in [6, 6.07) is 0. The zero-order valence-corrected chi connectivity index (χ0v) is 44.5. The minimum absolute atomic E-state index is 0.358. The van der Waals surface area contributed by atoms with Gasteiger partial charge in [-0.25, -0.2) is 0 Å². The average molecular weight is 904 g/mol. The van der Waals surface area contributed by atoms with Crippen molar-refractivity contribution in [3.8, 4) is 0 Å². The van der Waals surface area contributed by atoms with Gasteiger partial charge in [0.1, 0.15) is 0 Å². The normalized spacial score (nSPS) is 17.5. The lowest BCUT2D eigenvalue weighted by Gasteiger charge is -2.60. The third kappa shape index (κ3) is 32.6. The van der Waals surface area contributed by atoms with Crippen molar-refractivity contribution in [1.29, 1.82) is 0 Å². The highest BCUT2D eigenvalue weighted by Crippen LogP contribution is 2.64. The van der Waals surface area contributed by atoms with E-state index in [2.05, 4.69) is 13.8 Å². The van der Waals surface area contributed by atoms with Gasteiger partial charge in [-0.2, -0.15) is 0 Å². The lowest BCUT2D eigenvalue weighted by Crippen LogP contribution is -2.50. The fourth-order valence-electron chi connectivity index (χ4n) is 12.9. The first-order valence-corrected chi connectivity index (χ1v) is 30.5. The summed E-state index contributed by atoms with van der Waals surface area (Å²) in [7, 11) is 0. The van der Waals surface area contributed by atoms with E-state index in [-0.39, 0.29) is 0 Å². The van der Waals surface area contributed by atoms with Gasteiger partial charge in [-0.05, 0) is 81.0 Å². The molecule has 1 aliphatic rings. The van der Waals surface area contributed by atoms with Gasteiger partial charge in [-0.1, -0.05) is 290 Å². The van der Waals surface area contributed by atoms with Crippen LogP contribution in [0.1, 0.15) is 354 Å². The minimum Gasteiger partial charge on any atom is -0.396 e. The molecule has 2 unspecified atom stereocenters. The maximum atomic E-state index is 9.36. The predicted molar refractivity (Wildman–Crippen MR) is 286 cm³/mol. The Bertz CT molecular complexity index is 869. The van der Waals surface area contributed by atoms with Gasteiger partial charge < -0.3 is 15.3 Å². The molecule has 3 heteroatoms. The van der Waals surface area contributed by atoms with Gasteiger partial charge in [-0.15, -0.1) is 0 Å². The molecule has 0 aromatic rings. The molecule has 384 valence electrons. The molecule has 1 fully saturated rings. The van der Waals surface area contributed by atoms with Crippen LogP contribution < -0.4 is 0 Å². The molecule has 1 rings (SSSR count). The van der Waals surface area contributed by atoms with E-state index in [0.717, 1.165) is 25.2 Å². The van der Waals surface area contributed by atoms with Gasteiger partial charge in [0, 0.05) is 19.8 Å². The molecule has 0 bridgehead atoms. The van der Waals surface area contributed by atoms with Crippen LogP contribution in [0.5, 0.6) is 0 Å². The summed E-state index contributed by atoms with van der Waals surface area (Å²) in [4.78, 5) is 0. The number of aliphatic hydroxyl groups is 3. The van der Waals surface area contributed by atoms with Gasteiger partial charge >= 0.3 is 0 Å². The number of aliphatic hydroxyl groups excluding tert-OH is 3. The third-order valence-corrected chi connectivity index (χ3v) is 16.8. The minimum atomic E-state index is 0.358. The molecule has 3 nitrogen and oxygen atoms in total. The first kappa shape index (κ1) is 61.9. The van der Waals surface area contributed by atoms with Crippen molar-refractivity contribution in [2.45, 2.75) is 354 Å². The Morgan fingerprint density at radius 2 is 0.547 bits per heavy atom. The van der Waals surface area contributed by atoms with Gasteiger partial charge in [0.2, 0.25) is 0 Å². The van der Waals surface area contributed by atoms with Gasteiger partial charge in [0.25, 0.3) is 0 Å². The molecule has 2 atom stereocenters. The number of hydrogen-bond acceptors (Lipinski definition) is 3. The maximum absolute atomic E-state index is 9.36. The summed E-state index contributed by atoms with van der Waals surface area (Å²) in [5.41, 5.74) is 1.06. The van der Waals surface area contributed by atoms with Gasteiger partial charge in [-0.3, -0.25) is 0 Å². The zero-order chi connectivity index (χ0) is 46.2. The Balaban J connectivity index is 3.20.